The number of nitrogens with one attached hydrogen (secondary N) is 2. The number of nitrogens with zero attached hydrogens (tertiary/aromatic N) is 1. The van der Waals surface area contributed by atoms with E-state index in [4.69, 9.17) is 14.2 Å². The Hall–Kier alpha value is -1.22. The molecule has 0 amide bonds. The highest BCUT2D eigenvalue weighted by Gasteiger charge is 2.36. The number of halogens is 1. The molecule has 1 fully saturated rings. The molecule has 2 rings (SSSR count). The van der Waals surface area contributed by atoms with Crippen molar-refractivity contribution >= 4 is 29.9 Å². The molecule has 0 aliphatic heterocycles. The number of guanidine groups is 1. The van der Waals surface area contributed by atoms with Crippen LogP contribution < -0.4 is 20.1 Å². The second kappa shape index (κ2) is 12.3. The van der Waals surface area contributed by atoms with Crippen LogP contribution in [0.4, 0.5) is 0 Å². The molecule has 2 N–H and O–H groups in total. The number of rotatable bonds is 10. The highest BCUT2D eigenvalue weighted by atomic mass is 127. The summed E-state index contributed by atoms with van der Waals surface area (Å²) in [6, 6.07) is 5.98. The Labute approximate surface area is 180 Å². The molecule has 1 aromatic carbocycles. The lowest BCUT2D eigenvalue weighted by atomic mass is 9.67. The molecule has 1 aromatic rings. The van der Waals surface area contributed by atoms with Crippen LogP contribution >= 0.6 is 24.0 Å². The van der Waals surface area contributed by atoms with Gasteiger partial charge in [-0.3, -0.25) is 4.99 Å². The summed E-state index contributed by atoms with van der Waals surface area (Å²) in [5.74, 6) is 2.34. The van der Waals surface area contributed by atoms with Crippen LogP contribution in [0.3, 0.4) is 0 Å². The van der Waals surface area contributed by atoms with Crippen molar-refractivity contribution in [1.82, 2.24) is 10.6 Å². The standard InChI is InChI=1S/C20H33N3O3.HI/c1-5-26-18-13-16(7-8-17(18)25-4)14-22-19(21-2)23-15-20(9-6-10-20)11-12-24-3;/h7-8,13H,5-6,9-12,14-15H2,1-4H3,(H2,21,22,23);1H. The molecule has 1 saturated carbocycles. The maximum absolute atomic E-state index is 5.64. The highest BCUT2D eigenvalue weighted by Crippen LogP contribution is 2.43. The molecule has 7 heteroatoms. The van der Waals surface area contributed by atoms with Crippen LogP contribution in [0.15, 0.2) is 23.2 Å². The summed E-state index contributed by atoms with van der Waals surface area (Å²) < 4.78 is 16.2. The average Bonchev–Trinajstić information content (AvgIpc) is 2.63. The molecule has 27 heavy (non-hydrogen) atoms. The predicted molar refractivity (Wildman–Crippen MR) is 121 cm³/mol. The van der Waals surface area contributed by atoms with Gasteiger partial charge in [0, 0.05) is 33.9 Å². The number of methoxy groups -OCH3 is 2. The maximum Gasteiger partial charge on any atom is 0.191 e. The molecule has 1 aliphatic carbocycles. The van der Waals surface area contributed by atoms with Gasteiger partial charge in [0.1, 0.15) is 0 Å². The third-order valence-electron chi connectivity index (χ3n) is 5.09. The average molecular weight is 491 g/mol. The van der Waals surface area contributed by atoms with E-state index in [-0.39, 0.29) is 24.0 Å². The van der Waals surface area contributed by atoms with Gasteiger partial charge in [-0.15, -0.1) is 24.0 Å². The molecule has 0 aromatic heterocycles. The van der Waals surface area contributed by atoms with Crippen molar-refractivity contribution in [2.45, 2.75) is 39.2 Å². The van der Waals surface area contributed by atoms with E-state index in [0.717, 1.165) is 42.6 Å². The van der Waals surface area contributed by atoms with Crippen molar-refractivity contribution in [3.63, 3.8) is 0 Å². The van der Waals surface area contributed by atoms with Gasteiger partial charge in [-0.05, 0) is 49.3 Å². The number of benzene rings is 1. The molecule has 0 atom stereocenters. The zero-order valence-corrected chi connectivity index (χ0v) is 19.3. The van der Waals surface area contributed by atoms with Crippen molar-refractivity contribution in [1.29, 1.82) is 0 Å². The number of aliphatic imine (C=N–C) groups is 1. The van der Waals surface area contributed by atoms with E-state index in [2.05, 4.69) is 15.6 Å². The molecule has 0 unspecified atom stereocenters. The topological polar surface area (TPSA) is 64.1 Å². The van der Waals surface area contributed by atoms with E-state index in [1.54, 1.807) is 21.3 Å². The van der Waals surface area contributed by atoms with Crippen molar-refractivity contribution in [3.05, 3.63) is 23.8 Å². The molecular weight excluding hydrogens is 457 g/mol. The lowest BCUT2D eigenvalue weighted by Crippen LogP contribution is -2.46. The van der Waals surface area contributed by atoms with E-state index in [0.29, 0.717) is 18.6 Å². The Balaban J connectivity index is 0.00000364. The fraction of sp³-hybridized carbons (Fsp3) is 0.650. The molecule has 0 spiro atoms. The normalized spacial score (nSPS) is 15.3. The molecular formula is C20H34IN3O3. The minimum Gasteiger partial charge on any atom is -0.493 e. The second-order valence-electron chi connectivity index (χ2n) is 6.79. The number of hydrogen-bond donors (Lipinski definition) is 2. The van der Waals surface area contributed by atoms with Crippen LogP contribution in [0.25, 0.3) is 0 Å². The van der Waals surface area contributed by atoms with Crippen LogP contribution in [-0.2, 0) is 11.3 Å². The summed E-state index contributed by atoms with van der Waals surface area (Å²) in [6.07, 6.45) is 4.93. The molecule has 0 radical (unpaired) electrons. The van der Waals surface area contributed by atoms with Crippen molar-refractivity contribution < 1.29 is 14.2 Å². The van der Waals surface area contributed by atoms with Gasteiger partial charge < -0.3 is 24.8 Å². The van der Waals surface area contributed by atoms with Crippen molar-refractivity contribution in [3.8, 4) is 11.5 Å². The van der Waals surface area contributed by atoms with E-state index in [1.165, 1.54) is 19.3 Å². The van der Waals surface area contributed by atoms with Crippen LogP contribution in [0, 0.1) is 5.41 Å². The fourth-order valence-electron chi connectivity index (χ4n) is 3.29. The zero-order chi connectivity index (χ0) is 18.8. The van der Waals surface area contributed by atoms with Gasteiger partial charge in [0.05, 0.1) is 13.7 Å². The maximum atomic E-state index is 5.64. The van der Waals surface area contributed by atoms with Crippen LogP contribution in [0.1, 0.15) is 38.2 Å². The summed E-state index contributed by atoms with van der Waals surface area (Å²) in [4.78, 5) is 4.34. The van der Waals surface area contributed by atoms with Crippen molar-refractivity contribution in [2.24, 2.45) is 10.4 Å². The third-order valence-corrected chi connectivity index (χ3v) is 5.09. The van der Waals surface area contributed by atoms with E-state index >= 15 is 0 Å². The smallest absolute Gasteiger partial charge is 0.191 e. The van der Waals surface area contributed by atoms with Gasteiger partial charge in [0.15, 0.2) is 17.5 Å². The van der Waals surface area contributed by atoms with Gasteiger partial charge in [-0.2, -0.15) is 0 Å². The van der Waals surface area contributed by atoms with Gasteiger partial charge in [-0.25, -0.2) is 0 Å². The Morgan fingerprint density at radius 2 is 1.96 bits per heavy atom. The minimum absolute atomic E-state index is 0. The molecule has 6 nitrogen and oxygen atoms in total. The van der Waals surface area contributed by atoms with Crippen LogP contribution in [0.2, 0.25) is 0 Å². The predicted octanol–water partition coefficient (Wildman–Crippen LogP) is 3.58. The second-order valence-corrected chi connectivity index (χ2v) is 6.79. The summed E-state index contributed by atoms with van der Waals surface area (Å²) in [7, 11) is 5.23. The number of ether oxygens (including phenoxy) is 3. The van der Waals surface area contributed by atoms with Gasteiger partial charge >= 0.3 is 0 Å². The van der Waals surface area contributed by atoms with Crippen molar-refractivity contribution in [2.75, 3.05) is 41.0 Å². The van der Waals surface area contributed by atoms with Crippen LogP contribution in [0.5, 0.6) is 11.5 Å². The molecule has 1 aliphatic rings. The third kappa shape index (κ3) is 7.03. The highest BCUT2D eigenvalue weighted by molar-refractivity contribution is 14.0. The summed E-state index contributed by atoms with van der Waals surface area (Å²) in [5, 5.41) is 6.86. The fourth-order valence-corrected chi connectivity index (χ4v) is 3.29. The Morgan fingerprint density at radius 3 is 2.52 bits per heavy atom. The SMILES string of the molecule is CCOc1cc(CNC(=NC)NCC2(CCOC)CCC2)ccc1OC.I. The Bertz CT molecular complexity index is 592. The largest absolute Gasteiger partial charge is 0.493 e. The first kappa shape index (κ1) is 23.8. The van der Waals surface area contributed by atoms with E-state index < -0.39 is 0 Å². The summed E-state index contributed by atoms with van der Waals surface area (Å²) in [5.41, 5.74) is 1.48. The molecule has 154 valence electrons. The first-order valence-electron chi connectivity index (χ1n) is 9.39. The zero-order valence-electron chi connectivity index (χ0n) is 17.0. The lowest BCUT2D eigenvalue weighted by molar-refractivity contribution is 0.0732. The molecule has 0 saturated heterocycles. The van der Waals surface area contributed by atoms with Crippen LogP contribution in [-0.4, -0.2) is 47.0 Å². The molecule has 0 bridgehead atoms. The van der Waals surface area contributed by atoms with Gasteiger partial charge in [0.25, 0.3) is 0 Å². The van der Waals surface area contributed by atoms with E-state index in [9.17, 15) is 0 Å². The number of hydrogen-bond acceptors (Lipinski definition) is 4. The quantitative estimate of drug-likeness (QED) is 0.298. The Morgan fingerprint density at radius 1 is 1.19 bits per heavy atom. The lowest BCUT2D eigenvalue weighted by Gasteiger charge is -2.42. The first-order valence-corrected chi connectivity index (χ1v) is 9.39. The van der Waals surface area contributed by atoms with Gasteiger partial charge in [0.2, 0.25) is 0 Å². The summed E-state index contributed by atoms with van der Waals surface area (Å²) >= 11 is 0. The first-order chi connectivity index (χ1) is 12.7. The van der Waals surface area contributed by atoms with Gasteiger partial charge in [-0.1, -0.05) is 12.5 Å². The minimum atomic E-state index is 0. The summed E-state index contributed by atoms with van der Waals surface area (Å²) in [6.45, 7) is 5.01. The Kier molecular flexibility index (Phi) is 10.8. The molecule has 0 heterocycles. The monoisotopic (exact) mass is 491 g/mol. The van der Waals surface area contributed by atoms with E-state index in [1.807, 2.05) is 25.1 Å².